The Morgan fingerprint density at radius 1 is 1.03 bits per heavy atom. The highest BCUT2D eigenvalue weighted by molar-refractivity contribution is 7.80. The molecular formula is C23H35N5O6S. The van der Waals surface area contributed by atoms with Crippen molar-refractivity contribution in [3.63, 3.8) is 0 Å². The number of phenolic OH excluding ortho intramolecular Hbond substituents is 1. The highest BCUT2D eigenvalue weighted by Gasteiger charge is 2.31. The Balaban J connectivity index is 2.17. The summed E-state index contributed by atoms with van der Waals surface area (Å²) in [5.74, 6) is -2.81. The molecule has 1 aliphatic rings. The van der Waals surface area contributed by atoms with Crippen LogP contribution in [0, 0.1) is 0 Å². The van der Waals surface area contributed by atoms with Crippen molar-refractivity contribution in [3.05, 3.63) is 29.8 Å². The van der Waals surface area contributed by atoms with E-state index in [0.717, 1.165) is 6.42 Å². The predicted molar refractivity (Wildman–Crippen MR) is 133 cm³/mol. The average molecular weight is 510 g/mol. The summed E-state index contributed by atoms with van der Waals surface area (Å²) in [4.78, 5) is 50.1. The number of carbonyl (C=O) groups is 4. The average Bonchev–Trinajstić information content (AvgIpc) is 3.37. The molecule has 3 amide bonds. The van der Waals surface area contributed by atoms with Crippen molar-refractivity contribution in [2.75, 3.05) is 18.8 Å². The van der Waals surface area contributed by atoms with Crippen molar-refractivity contribution in [2.45, 2.75) is 62.7 Å². The maximum absolute atomic E-state index is 13.3. The van der Waals surface area contributed by atoms with Crippen LogP contribution in [0.2, 0.25) is 0 Å². The monoisotopic (exact) mass is 509 g/mol. The summed E-state index contributed by atoms with van der Waals surface area (Å²) in [6, 6.07) is 2.64. The first-order valence-corrected chi connectivity index (χ1v) is 12.3. The van der Waals surface area contributed by atoms with Crippen LogP contribution in [0.5, 0.6) is 5.75 Å². The molecule has 2 rings (SSSR count). The molecule has 1 saturated heterocycles. The van der Waals surface area contributed by atoms with E-state index >= 15 is 0 Å². The lowest BCUT2D eigenvalue weighted by atomic mass is 10.0. The Morgan fingerprint density at radius 3 is 2.26 bits per heavy atom. The maximum Gasteiger partial charge on any atom is 0.327 e. The van der Waals surface area contributed by atoms with Gasteiger partial charge in [-0.3, -0.25) is 14.4 Å². The second kappa shape index (κ2) is 14.5. The van der Waals surface area contributed by atoms with Crippen LogP contribution in [0.1, 0.15) is 37.7 Å². The van der Waals surface area contributed by atoms with E-state index in [1.165, 1.54) is 12.1 Å². The zero-order valence-electron chi connectivity index (χ0n) is 19.5. The van der Waals surface area contributed by atoms with Gasteiger partial charge in [0.05, 0.1) is 6.04 Å². The molecular weight excluding hydrogens is 474 g/mol. The second-order valence-corrected chi connectivity index (χ2v) is 8.87. The fourth-order valence-electron chi connectivity index (χ4n) is 3.75. The summed E-state index contributed by atoms with van der Waals surface area (Å²) in [6.45, 7) is 1.12. The van der Waals surface area contributed by atoms with Gasteiger partial charge in [0.1, 0.15) is 23.9 Å². The summed E-state index contributed by atoms with van der Waals surface area (Å²) in [5, 5.41) is 29.7. The molecule has 0 radical (unpaired) electrons. The number of carboxylic acid groups (broad SMARTS) is 1. The van der Waals surface area contributed by atoms with Gasteiger partial charge in [0.25, 0.3) is 0 Å². The molecule has 1 fully saturated rings. The minimum atomic E-state index is -1.23. The lowest BCUT2D eigenvalue weighted by Gasteiger charge is -2.25. The lowest BCUT2D eigenvalue weighted by molar-refractivity contribution is -0.141. The number of hydrogen-bond donors (Lipinski definition) is 8. The van der Waals surface area contributed by atoms with Crippen LogP contribution in [0.3, 0.4) is 0 Å². The van der Waals surface area contributed by atoms with Gasteiger partial charge in [0, 0.05) is 12.2 Å². The summed E-state index contributed by atoms with van der Waals surface area (Å²) in [6.07, 6.45) is 3.05. The summed E-state index contributed by atoms with van der Waals surface area (Å²) in [5.41, 5.74) is 6.25. The van der Waals surface area contributed by atoms with Crippen LogP contribution in [-0.2, 0) is 25.6 Å². The molecule has 11 nitrogen and oxygen atoms in total. The van der Waals surface area contributed by atoms with Crippen molar-refractivity contribution in [1.82, 2.24) is 21.3 Å². The van der Waals surface area contributed by atoms with E-state index < -0.39 is 42.0 Å². The number of nitrogens with one attached hydrogen (secondary N) is 4. The van der Waals surface area contributed by atoms with E-state index in [9.17, 15) is 29.4 Å². The first kappa shape index (κ1) is 28.4. The minimum Gasteiger partial charge on any atom is -0.508 e. The highest BCUT2D eigenvalue weighted by Crippen LogP contribution is 2.13. The molecule has 1 aromatic carbocycles. The molecule has 1 aliphatic heterocycles. The number of aromatic hydroxyl groups is 1. The van der Waals surface area contributed by atoms with E-state index in [1.807, 2.05) is 0 Å². The second-order valence-electron chi connectivity index (χ2n) is 8.51. The van der Waals surface area contributed by atoms with Crippen LogP contribution in [0.15, 0.2) is 24.3 Å². The van der Waals surface area contributed by atoms with Gasteiger partial charge >= 0.3 is 5.97 Å². The molecule has 12 heteroatoms. The van der Waals surface area contributed by atoms with Gasteiger partial charge in [0.2, 0.25) is 17.7 Å². The van der Waals surface area contributed by atoms with Crippen molar-refractivity contribution in [3.8, 4) is 5.75 Å². The molecule has 4 atom stereocenters. The summed E-state index contributed by atoms with van der Waals surface area (Å²) >= 11 is 3.96. The van der Waals surface area contributed by atoms with Crippen LogP contribution in [0.25, 0.3) is 0 Å². The van der Waals surface area contributed by atoms with Crippen molar-refractivity contribution < 1.29 is 29.4 Å². The Bertz CT molecular complexity index is 862. The molecule has 1 aromatic rings. The number of carbonyl (C=O) groups excluding carboxylic acids is 3. The van der Waals surface area contributed by atoms with Gasteiger partial charge in [-0.2, -0.15) is 12.6 Å². The van der Waals surface area contributed by atoms with Gasteiger partial charge in [-0.25, -0.2) is 4.79 Å². The van der Waals surface area contributed by atoms with Crippen molar-refractivity contribution in [1.29, 1.82) is 0 Å². The number of aliphatic carboxylic acids is 1. The minimum absolute atomic E-state index is 0.0720. The molecule has 1 heterocycles. The molecule has 0 aliphatic carbocycles. The normalized spacial score (nSPS) is 17.7. The van der Waals surface area contributed by atoms with E-state index in [-0.39, 0.29) is 30.3 Å². The number of thiol groups is 1. The lowest BCUT2D eigenvalue weighted by Crippen LogP contribution is -2.57. The number of amides is 3. The largest absolute Gasteiger partial charge is 0.508 e. The van der Waals surface area contributed by atoms with E-state index in [0.29, 0.717) is 37.9 Å². The zero-order chi connectivity index (χ0) is 25.8. The number of phenols is 1. The molecule has 0 spiro atoms. The first-order chi connectivity index (χ1) is 16.7. The number of unbranched alkanes of at least 4 members (excludes halogenated alkanes) is 1. The number of benzene rings is 1. The Labute approximate surface area is 210 Å². The van der Waals surface area contributed by atoms with E-state index in [4.69, 9.17) is 5.73 Å². The van der Waals surface area contributed by atoms with Crippen molar-refractivity contribution in [2.24, 2.45) is 5.73 Å². The number of nitrogens with two attached hydrogens (primary N) is 1. The maximum atomic E-state index is 13.3. The number of hydrogen-bond acceptors (Lipinski definition) is 8. The van der Waals surface area contributed by atoms with Gasteiger partial charge < -0.3 is 37.2 Å². The smallest absolute Gasteiger partial charge is 0.327 e. The molecule has 194 valence electrons. The Morgan fingerprint density at radius 2 is 1.69 bits per heavy atom. The Hall–Kier alpha value is -2.83. The summed E-state index contributed by atoms with van der Waals surface area (Å²) in [7, 11) is 0. The van der Waals surface area contributed by atoms with Crippen molar-refractivity contribution >= 4 is 36.3 Å². The van der Waals surface area contributed by atoms with Crippen LogP contribution < -0.4 is 27.0 Å². The van der Waals surface area contributed by atoms with Crippen LogP contribution >= 0.6 is 12.6 Å². The van der Waals surface area contributed by atoms with Gasteiger partial charge in [-0.1, -0.05) is 12.1 Å². The number of carboxylic acids is 1. The first-order valence-electron chi connectivity index (χ1n) is 11.7. The third kappa shape index (κ3) is 9.38. The van der Waals surface area contributed by atoms with Gasteiger partial charge in [-0.15, -0.1) is 0 Å². The molecule has 0 saturated carbocycles. The van der Waals surface area contributed by atoms with E-state index in [2.05, 4.69) is 33.9 Å². The molecule has 8 N–H and O–H groups in total. The van der Waals surface area contributed by atoms with Gasteiger partial charge in [-0.05, 0) is 62.9 Å². The quantitative estimate of drug-likeness (QED) is 0.119. The van der Waals surface area contributed by atoms with E-state index in [1.54, 1.807) is 12.1 Å². The SMILES string of the molecule is NCCCCC(NC(=O)C(Cc1ccc(O)cc1)NC(=O)C1CCCN1)C(=O)NC(CS)C(=O)O. The molecule has 0 bridgehead atoms. The Kier molecular flexibility index (Phi) is 11.8. The zero-order valence-corrected chi connectivity index (χ0v) is 20.4. The third-order valence-electron chi connectivity index (χ3n) is 5.76. The third-order valence-corrected chi connectivity index (χ3v) is 6.13. The standard InChI is InChI=1S/C23H35N5O6S/c24-10-2-1-4-17(21(31)28-19(13-35)23(33)34)26-22(32)18(12-14-6-8-15(29)9-7-14)27-20(30)16-5-3-11-25-16/h6-9,16-19,25,29,35H,1-5,10-13,24H2,(H,26,32)(H,27,30)(H,28,31)(H,33,34). The molecule has 4 unspecified atom stereocenters. The summed E-state index contributed by atoms with van der Waals surface area (Å²) < 4.78 is 0. The fourth-order valence-corrected chi connectivity index (χ4v) is 4.00. The predicted octanol–water partition coefficient (Wildman–Crippen LogP) is -0.715. The highest BCUT2D eigenvalue weighted by atomic mass is 32.1. The van der Waals surface area contributed by atoms with Gasteiger partial charge in [0.15, 0.2) is 0 Å². The van der Waals surface area contributed by atoms with Crippen LogP contribution in [-0.4, -0.2) is 76.9 Å². The number of rotatable bonds is 14. The molecule has 35 heavy (non-hydrogen) atoms. The van der Waals surface area contributed by atoms with Crippen LogP contribution in [0.4, 0.5) is 0 Å². The molecule has 0 aromatic heterocycles. The topological polar surface area (TPSA) is 183 Å². The fraction of sp³-hybridized carbons (Fsp3) is 0.565.